The number of benzene rings is 1. The maximum Gasteiger partial charge on any atom is 0.303 e. The van der Waals surface area contributed by atoms with Gasteiger partial charge in [-0.15, -0.1) is 0 Å². The number of carboxylic acids is 1. The second kappa shape index (κ2) is 28.5. The number of amides is 8. The molecule has 4 heterocycles. The molecule has 1 aliphatic carbocycles. The molecule has 3 aromatic rings. The molecule has 8 amide bonds. The summed E-state index contributed by atoms with van der Waals surface area (Å²) in [5.41, 5.74) is 9.82. The number of unbranched alkanes of at least 4 members (excludes halogenated alkanes) is 2. The molecule has 0 bridgehead atoms. The predicted octanol–water partition coefficient (Wildman–Crippen LogP) is 0.939. The fraction of sp³-hybridized carbons (Fsp3) is 0.509. The van der Waals surface area contributed by atoms with Gasteiger partial charge in [-0.1, -0.05) is 39.3 Å². The lowest BCUT2D eigenvalue weighted by Crippen LogP contribution is -2.58. The van der Waals surface area contributed by atoms with E-state index in [1.807, 2.05) is 25.1 Å². The Labute approximate surface area is 475 Å². The van der Waals surface area contributed by atoms with Crippen molar-refractivity contribution >= 4 is 86.4 Å². The minimum Gasteiger partial charge on any atom is -0.481 e. The van der Waals surface area contributed by atoms with Crippen LogP contribution in [-0.2, 0) is 66.6 Å². The Hall–Kier alpha value is -8.20. The summed E-state index contributed by atoms with van der Waals surface area (Å²) in [7, 11) is -3.63. The van der Waals surface area contributed by atoms with E-state index < -0.39 is 98.8 Å². The number of anilines is 1. The number of aliphatic imine (C=N–C) groups is 1. The molecule has 26 nitrogen and oxygen atoms in total. The zero-order valence-electron chi connectivity index (χ0n) is 46.7. The van der Waals surface area contributed by atoms with Crippen molar-refractivity contribution in [2.45, 2.75) is 134 Å². The maximum absolute atomic E-state index is 14.0. The van der Waals surface area contributed by atoms with Gasteiger partial charge >= 0.3 is 5.97 Å². The van der Waals surface area contributed by atoms with E-state index in [0.717, 1.165) is 36.3 Å². The van der Waals surface area contributed by atoms with Crippen molar-refractivity contribution < 1.29 is 61.8 Å². The number of amidine groups is 1. The molecule has 82 heavy (non-hydrogen) atoms. The Morgan fingerprint density at radius 2 is 1.60 bits per heavy atom. The highest BCUT2D eigenvalue weighted by Gasteiger charge is 2.51. The van der Waals surface area contributed by atoms with E-state index >= 15 is 0 Å². The molecule has 10 N–H and O–H groups in total. The van der Waals surface area contributed by atoms with Crippen LogP contribution in [0.4, 0.5) is 11.4 Å². The van der Waals surface area contributed by atoms with Crippen molar-refractivity contribution in [3.05, 3.63) is 76.4 Å². The van der Waals surface area contributed by atoms with Crippen LogP contribution >= 0.6 is 0 Å². The van der Waals surface area contributed by atoms with Gasteiger partial charge in [0, 0.05) is 93.9 Å². The highest BCUT2D eigenvalue weighted by molar-refractivity contribution is 7.90. The van der Waals surface area contributed by atoms with Crippen molar-refractivity contribution in [1.82, 2.24) is 51.3 Å². The normalized spacial score (nSPS) is 15.3. The molecule has 2 aliphatic heterocycles. The second-order valence-electron chi connectivity index (χ2n) is 21.0. The monoisotopic (exact) mass is 1160 g/mol. The zero-order valence-corrected chi connectivity index (χ0v) is 47.5. The SMILES string of the molecule is CCCN(CCO)C(=O)C1=Cc2ccc(C3(C(=O)Nc4cnc5c(c4)CN(C(=O)CNC(=O)[C@H](C)NC(=O)[C@@H](NC(=O)[C@H](CCC(=O)O)NC(=O)CCCCCNC(=O)c4cnc(S(C)(=O)=O)nc4)C(C)C)CC5)CC3)cc2N=C(N)C1. The van der Waals surface area contributed by atoms with Gasteiger partial charge < -0.3 is 57.6 Å². The van der Waals surface area contributed by atoms with Crippen LogP contribution in [-0.4, -0.2) is 166 Å². The van der Waals surface area contributed by atoms with Crippen molar-refractivity contribution in [2.75, 3.05) is 50.9 Å². The third-order valence-corrected chi connectivity index (χ3v) is 15.0. The maximum atomic E-state index is 14.0. The summed E-state index contributed by atoms with van der Waals surface area (Å²) in [6, 6.07) is 3.57. The fourth-order valence-corrected chi connectivity index (χ4v) is 9.86. The van der Waals surface area contributed by atoms with E-state index in [4.69, 9.17) is 5.73 Å². The summed E-state index contributed by atoms with van der Waals surface area (Å²) in [5, 5.41) is 34.4. The van der Waals surface area contributed by atoms with Gasteiger partial charge in [-0.2, -0.15) is 0 Å². The number of fused-ring (bicyclic) bond motifs is 2. The number of carboxylic acid groups (broad SMARTS) is 1. The standard InChI is InChI=1S/C55H73N13O13S/c1-6-19-67(21-22-69)52(78)35-23-34-11-12-38(26-42(34)64-43(56)25-35)55(16-17-55)53(79)63-39-24-36-31-68(20-15-40(36)58-29-39)45(71)30-59-48(74)33(4)62-51(77)47(32(2)3)66-50(76)41(13-14-46(72)73)65-44(70)10-8-7-9-18-57-49(75)37-27-60-54(61-28-37)82(5,80)81/h11-12,23-24,26-29,32-33,41,47,69H,6-10,13-22,25,30-31H2,1-5H3,(H2,56,64)(H,57,75)(H,59,74)(H,62,77)(H,63,79)(H,65,70)(H,66,76)(H,72,73)/t33-,41-,47-/m0/s1. The van der Waals surface area contributed by atoms with Crippen LogP contribution in [0.5, 0.6) is 0 Å². The zero-order chi connectivity index (χ0) is 59.9. The van der Waals surface area contributed by atoms with E-state index in [0.29, 0.717) is 79.7 Å². The highest BCUT2D eigenvalue weighted by atomic mass is 32.2. The largest absolute Gasteiger partial charge is 0.481 e. The fourth-order valence-electron chi connectivity index (χ4n) is 9.37. The molecule has 442 valence electrons. The quantitative estimate of drug-likeness (QED) is 0.0361. The van der Waals surface area contributed by atoms with E-state index in [9.17, 15) is 61.8 Å². The van der Waals surface area contributed by atoms with Gasteiger partial charge in [0.1, 0.15) is 24.0 Å². The number of nitrogens with zero attached hydrogens (tertiary/aromatic N) is 6. The molecule has 2 aromatic heterocycles. The van der Waals surface area contributed by atoms with Crippen molar-refractivity contribution in [1.29, 1.82) is 0 Å². The van der Waals surface area contributed by atoms with Crippen LogP contribution in [0, 0.1) is 5.92 Å². The number of pyridine rings is 1. The number of carbonyl (C=O) groups is 9. The Balaban J connectivity index is 0.957. The van der Waals surface area contributed by atoms with Gasteiger partial charge in [-0.05, 0) is 80.7 Å². The smallest absolute Gasteiger partial charge is 0.303 e. The summed E-state index contributed by atoms with van der Waals surface area (Å²) in [6.07, 6.45) is 9.42. The second-order valence-corrected chi connectivity index (χ2v) is 22.9. The Morgan fingerprint density at radius 3 is 2.26 bits per heavy atom. The van der Waals surface area contributed by atoms with Crippen molar-refractivity contribution in [2.24, 2.45) is 16.6 Å². The minimum atomic E-state index is -3.63. The van der Waals surface area contributed by atoms with E-state index in [1.54, 1.807) is 42.0 Å². The summed E-state index contributed by atoms with van der Waals surface area (Å²) in [6.45, 7) is 7.43. The lowest BCUT2D eigenvalue weighted by molar-refractivity contribution is -0.138. The lowest BCUT2D eigenvalue weighted by Gasteiger charge is -2.29. The summed E-state index contributed by atoms with van der Waals surface area (Å²) in [5.74, 6) is -5.69. The molecule has 0 radical (unpaired) electrons. The number of hydrogen-bond donors (Lipinski definition) is 9. The molecule has 27 heteroatoms. The average Bonchev–Trinajstić information content (AvgIpc) is 2.71. The first kappa shape index (κ1) is 63.0. The van der Waals surface area contributed by atoms with Gasteiger partial charge in [0.05, 0.1) is 41.7 Å². The molecular weight excluding hydrogens is 1080 g/mol. The highest BCUT2D eigenvalue weighted by Crippen LogP contribution is 2.50. The summed E-state index contributed by atoms with van der Waals surface area (Å²) >= 11 is 0. The molecule has 1 fully saturated rings. The molecule has 6 rings (SSSR count). The van der Waals surface area contributed by atoms with Gasteiger partial charge in [0.2, 0.25) is 56.3 Å². The molecule has 1 aromatic carbocycles. The lowest BCUT2D eigenvalue weighted by atomic mass is 9.92. The molecule has 0 unspecified atom stereocenters. The number of sulfone groups is 1. The predicted molar refractivity (Wildman–Crippen MR) is 299 cm³/mol. The summed E-state index contributed by atoms with van der Waals surface area (Å²) in [4.78, 5) is 138. The first-order valence-electron chi connectivity index (χ1n) is 27.3. The molecule has 3 atom stereocenters. The number of aliphatic hydroxyl groups is 1. The average molecular weight is 1160 g/mol. The first-order chi connectivity index (χ1) is 38.9. The van der Waals surface area contributed by atoms with E-state index in [2.05, 4.69) is 51.8 Å². The number of rotatable bonds is 28. The van der Waals surface area contributed by atoms with Crippen LogP contribution in [0.1, 0.15) is 125 Å². The minimum absolute atomic E-state index is 0.0371. The number of hydrogen-bond acceptors (Lipinski definition) is 17. The number of nitrogens with one attached hydrogen (secondary N) is 6. The number of aliphatic hydroxyl groups excluding tert-OH is 1. The van der Waals surface area contributed by atoms with Crippen LogP contribution < -0.4 is 37.6 Å². The van der Waals surface area contributed by atoms with Crippen LogP contribution in [0.3, 0.4) is 0 Å². The molecular formula is C55H73N13O13S. The molecule has 3 aliphatic rings. The van der Waals surface area contributed by atoms with Gasteiger partial charge in [0.15, 0.2) is 0 Å². The summed E-state index contributed by atoms with van der Waals surface area (Å²) < 4.78 is 23.1. The molecule has 0 spiro atoms. The first-order valence-corrected chi connectivity index (χ1v) is 29.2. The van der Waals surface area contributed by atoms with Gasteiger partial charge in [0.25, 0.3) is 5.91 Å². The van der Waals surface area contributed by atoms with E-state index in [1.165, 1.54) is 6.92 Å². The Bertz CT molecular complexity index is 3080. The van der Waals surface area contributed by atoms with Crippen LogP contribution in [0.15, 0.2) is 58.6 Å². The van der Waals surface area contributed by atoms with Crippen LogP contribution in [0.25, 0.3) is 6.08 Å². The number of aliphatic carboxylic acids is 1. The Morgan fingerprint density at radius 1 is 0.866 bits per heavy atom. The van der Waals surface area contributed by atoms with Crippen molar-refractivity contribution in [3.63, 3.8) is 0 Å². The van der Waals surface area contributed by atoms with Gasteiger partial charge in [-0.3, -0.25) is 48.1 Å². The van der Waals surface area contributed by atoms with E-state index in [-0.39, 0.29) is 68.7 Å². The Kier molecular flexibility index (Phi) is 21.9. The number of aromatic nitrogens is 3. The third-order valence-electron chi connectivity index (χ3n) is 14.1. The number of nitrogens with two attached hydrogens (primary N) is 1. The third kappa shape index (κ3) is 17.2. The van der Waals surface area contributed by atoms with Crippen molar-refractivity contribution in [3.8, 4) is 0 Å². The topological polar surface area (TPSA) is 384 Å². The van der Waals surface area contributed by atoms with Gasteiger partial charge in [-0.25, -0.2) is 23.4 Å². The number of carbonyl (C=O) groups excluding carboxylic acids is 8. The van der Waals surface area contributed by atoms with Crippen LogP contribution in [0.2, 0.25) is 0 Å². The molecule has 0 saturated heterocycles. The molecule has 1 saturated carbocycles.